The molecule has 58 valence electrons. The van der Waals surface area contributed by atoms with Crippen molar-refractivity contribution in [1.29, 1.82) is 0 Å². The van der Waals surface area contributed by atoms with E-state index in [0.29, 0.717) is 0 Å². The molecule has 0 aliphatic carbocycles. The second-order valence-electron chi connectivity index (χ2n) is 1.78. The van der Waals surface area contributed by atoms with Crippen molar-refractivity contribution < 1.29 is 4.79 Å². The first-order chi connectivity index (χ1) is 5.24. The Morgan fingerprint density at radius 2 is 2.00 bits per heavy atom. The third-order valence-electron chi connectivity index (χ3n) is 0.991. The number of carbonyl (C=O) groups excluding carboxylic acids is 1. The van der Waals surface area contributed by atoms with Crippen molar-refractivity contribution in [3.63, 3.8) is 0 Å². The monoisotopic (exact) mass is 278 g/mol. The SMILES string of the molecule is O=C(CBr)c1ncc(Br)cn1. The van der Waals surface area contributed by atoms with Crippen LogP contribution in [-0.2, 0) is 0 Å². The van der Waals surface area contributed by atoms with Gasteiger partial charge in [0.25, 0.3) is 0 Å². The predicted molar refractivity (Wildman–Crippen MR) is 47.9 cm³/mol. The number of halogens is 2. The number of hydrogen-bond acceptors (Lipinski definition) is 3. The molecule has 0 N–H and O–H groups in total. The first kappa shape index (κ1) is 8.80. The Morgan fingerprint density at radius 1 is 1.45 bits per heavy atom. The highest BCUT2D eigenvalue weighted by atomic mass is 79.9. The van der Waals surface area contributed by atoms with E-state index in [4.69, 9.17) is 0 Å². The molecule has 0 unspecified atom stereocenters. The van der Waals surface area contributed by atoms with Crippen LogP contribution in [0, 0.1) is 0 Å². The lowest BCUT2D eigenvalue weighted by atomic mass is 10.4. The van der Waals surface area contributed by atoms with Gasteiger partial charge in [-0.3, -0.25) is 4.79 Å². The van der Waals surface area contributed by atoms with Gasteiger partial charge in [0, 0.05) is 12.4 Å². The summed E-state index contributed by atoms with van der Waals surface area (Å²) in [7, 11) is 0. The van der Waals surface area contributed by atoms with Crippen LogP contribution in [0.25, 0.3) is 0 Å². The third-order valence-corrected chi connectivity index (χ3v) is 1.91. The van der Waals surface area contributed by atoms with Gasteiger partial charge in [0.05, 0.1) is 9.80 Å². The van der Waals surface area contributed by atoms with E-state index in [2.05, 4.69) is 41.8 Å². The summed E-state index contributed by atoms with van der Waals surface area (Å²) >= 11 is 6.20. The Balaban J connectivity index is 2.90. The van der Waals surface area contributed by atoms with E-state index < -0.39 is 0 Å². The molecule has 0 aliphatic rings. The summed E-state index contributed by atoms with van der Waals surface area (Å²) < 4.78 is 0.767. The van der Waals surface area contributed by atoms with Gasteiger partial charge in [0.1, 0.15) is 0 Å². The van der Waals surface area contributed by atoms with Crippen LogP contribution in [0.4, 0.5) is 0 Å². The zero-order chi connectivity index (χ0) is 8.27. The number of ketones is 1. The van der Waals surface area contributed by atoms with Crippen molar-refractivity contribution in [3.8, 4) is 0 Å². The number of carbonyl (C=O) groups is 1. The molecule has 11 heavy (non-hydrogen) atoms. The fourth-order valence-electron chi connectivity index (χ4n) is 0.516. The minimum Gasteiger partial charge on any atom is -0.290 e. The standard InChI is InChI=1S/C6H4Br2N2O/c7-1-5(11)6-9-2-4(8)3-10-6/h2-3H,1H2. The maximum atomic E-state index is 10.9. The van der Waals surface area contributed by atoms with E-state index in [1.165, 1.54) is 0 Å². The number of Topliss-reactive ketones (excluding diaryl/α,β-unsaturated/α-hetero) is 1. The third kappa shape index (κ3) is 2.34. The van der Waals surface area contributed by atoms with Crippen LogP contribution in [0.2, 0.25) is 0 Å². The van der Waals surface area contributed by atoms with Crippen LogP contribution >= 0.6 is 31.9 Å². The van der Waals surface area contributed by atoms with Gasteiger partial charge in [-0.1, -0.05) is 15.9 Å². The largest absolute Gasteiger partial charge is 0.290 e. The average Bonchev–Trinajstić information content (AvgIpc) is 2.05. The second-order valence-corrected chi connectivity index (χ2v) is 3.26. The number of alkyl halides is 1. The van der Waals surface area contributed by atoms with Crippen molar-refractivity contribution >= 4 is 37.6 Å². The zero-order valence-corrected chi connectivity index (χ0v) is 8.59. The van der Waals surface area contributed by atoms with E-state index in [9.17, 15) is 4.79 Å². The van der Waals surface area contributed by atoms with Gasteiger partial charge >= 0.3 is 0 Å². The van der Waals surface area contributed by atoms with Gasteiger partial charge in [-0.25, -0.2) is 9.97 Å². The fraction of sp³-hybridized carbons (Fsp3) is 0.167. The van der Waals surface area contributed by atoms with Crippen LogP contribution in [0.3, 0.4) is 0 Å². The normalized spacial score (nSPS) is 9.64. The summed E-state index contributed by atoms with van der Waals surface area (Å²) in [5.41, 5.74) is 0. The highest BCUT2D eigenvalue weighted by molar-refractivity contribution is 9.10. The summed E-state index contributed by atoms with van der Waals surface area (Å²) in [6.45, 7) is 0. The average molecular weight is 280 g/mol. The van der Waals surface area contributed by atoms with Crippen molar-refractivity contribution in [1.82, 2.24) is 9.97 Å². The molecule has 1 aromatic rings. The smallest absolute Gasteiger partial charge is 0.210 e. The summed E-state index contributed by atoms with van der Waals surface area (Å²) in [6, 6.07) is 0. The molecule has 1 rings (SSSR count). The number of aromatic nitrogens is 2. The molecule has 0 spiro atoms. The molecule has 0 saturated carbocycles. The van der Waals surface area contributed by atoms with Crippen LogP contribution < -0.4 is 0 Å². The number of rotatable bonds is 2. The molecule has 1 heterocycles. The summed E-state index contributed by atoms with van der Waals surface area (Å²) in [4.78, 5) is 18.6. The van der Waals surface area contributed by atoms with Gasteiger partial charge in [-0.05, 0) is 15.9 Å². The lowest BCUT2D eigenvalue weighted by molar-refractivity contribution is 0.101. The van der Waals surface area contributed by atoms with Crippen LogP contribution in [0.15, 0.2) is 16.9 Å². The van der Waals surface area contributed by atoms with E-state index in [1.807, 2.05) is 0 Å². The molecule has 0 bridgehead atoms. The van der Waals surface area contributed by atoms with Crippen molar-refractivity contribution in [2.24, 2.45) is 0 Å². The molecule has 3 nitrogen and oxygen atoms in total. The van der Waals surface area contributed by atoms with Gasteiger partial charge < -0.3 is 0 Å². The van der Waals surface area contributed by atoms with Crippen LogP contribution in [-0.4, -0.2) is 21.1 Å². The quantitative estimate of drug-likeness (QED) is 0.613. The molecule has 0 aromatic carbocycles. The highest BCUT2D eigenvalue weighted by Gasteiger charge is 2.05. The number of nitrogens with zero attached hydrogens (tertiary/aromatic N) is 2. The van der Waals surface area contributed by atoms with Gasteiger partial charge in [0.2, 0.25) is 5.78 Å². The Labute approximate surface area is 80.5 Å². The molecule has 0 saturated heterocycles. The molecule has 0 amide bonds. The maximum absolute atomic E-state index is 10.9. The molecule has 5 heteroatoms. The Hall–Kier alpha value is -0.290. The highest BCUT2D eigenvalue weighted by Crippen LogP contribution is 2.04. The second kappa shape index (κ2) is 3.92. The Kier molecular flexibility index (Phi) is 3.14. The van der Waals surface area contributed by atoms with Crippen molar-refractivity contribution in [3.05, 3.63) is 22.7 Å². The predicted octanol–water partition coefficient (Wildman–Crippen LogP) is 1.82. The zero-order valence-electron chi connectivity index (χ0n) is 5.42. The van der Waals surface area contributed by atoms with Gasteiger partial charge in [-0.15, -0.1) is 0 Å². The van der Waals surface area contributed by atoms with E-state index >= 15 is 0 Å². The summed E-state index contributed by atoms with van der Waals surface area (Å²) in [6.07, 6.45) is 3.09. The molecule has 1 aromatic heterocycles. The molecular formula is C6H4Br2N2O. The number of hydrogen-bond donors (Lipinski definition) is 0. The molecular weight excluding hydrogens is 276 g/mol. The minimum absolute atomic E-state index is 0.113. The molecule has 0 atom stereocenters. The maximum Gasteiger partial charge on any atom is 0.210 e. The molecule has 0 aliphatic heterocycles. The first-order valence-corrected chi connectivity index (χ1v) is 4.72. The van der Waals surface area contributed by atoms with Crippen LogP contribution in [0.5, 0.6) is 0 Å². The molecule has 0 fully saturated rings. The minimum atomic E-state index is -0.113. The lowest BCUT2D eigenvalue weighted by Crippen LogP contribution is -2.05. The summed E-state index contributed by atoms with van der Waals surface area (Å²) in [5, 5.41) is 0.259. The first-order valence-electron chi connectivity index (χ1n) is 2.80. The van der Waals surface area contributed by atoms with E-state index in [1.54, 1.807) is 12.4 Å². The topological polar surface area (TPSA) is 42.9 Å². The van der Waals surface area contributed by atoms with Gasteiger partial charge in [-0.2, -0.15) is 0 Å². The Bertz CT molecular complexity index is 260. The van der Waals surface area contributed by atoms with Gasteiger partial charge in [0.15, 0.2) is 5.82 Å². The summed E-state index contributed by atoms with van der Waals surface area (Å²) in [5.74, 6) is 0.127. The van der Waals surface area contributed by atoms with Crippen molar-refractivity contribution in [2.75, 3.05) is 5.33 Å². The van der Waals surface area contributed by atoms with E-state index in [0.717, 1.165) is 4.47 Å². The van der Waals surface area contributed by atoms with Crippen LogP contribution in [0.1, 0.15) is 10.6 Å². The van der Waals surface area contributed by atoms with Crippen molar-refractivity contribution in [2.45, 2.75) is 0 Å². The Morgan fingerprint density at radius 3 is 2.45 bits per heavy atom. The van der Waals surface area contributed by atoms with E-state index in [-0.39, 0.29) is 16.9 Å². The lowest BCUT2D eigenvalue weighted by Gasteiger charge is -1.93. The fourth-order valence-corrected chi connectivity index (χ4v) is 0.972. The molecule has 0 radical (unpaired) electrons.